The zero-order valence-corrected chi connectivity index (χ0v) is 18.7. The van der Waals surface area contributed by atoms with Crippen LogP contribution in [0.2, 0.25) is 0 Å². The summed E-state index contributed by atoms with van der Waals surface area (Å²) in [6, 6.07) is 15.4. The van der Waals surface area contributed by atoms with Crippen molar-refractivity contribution < 1.29 is 0 Å². The molecular weight excluding hydrogens is 404 g/mol. The molecule has 1 aliphatic carbocycles. The number of benzene rings is 1. The average molecular weight is 429 g/mol. The number of fused-ring (bicyclic) bond motifs is 8. The summed E-state index contributed by atoms with van der Waals surface area (Å²) in [6.45, 7) is 4.64. The Kier molecular flexibility index (Phi) is 3.70. The Hall–Kier alpha value is -3.92. The molecular formula is C29H24N4. The summed E-state index contributed by atoms with van der Waals surface area (Å²) >= 11 is 0. The molecule has 3 aromatic rings. The second kappa shape index (κ2) is 6.55. The van der Waals surface area contributed by atoms with E-state index in [1.54, 1.807) is 0 Å². The van der Waals surface area contributed by atoms with E-state index >= 15 is 0 Å². The maximum atomic E-state index is 5.07. The Labute approximate surface area is 192 Å². The van der Waals surface area contributed by atoms with E-state index in [1.807, 2.05) is 0 Å². The number of nitrogens with one attached hydrogen (secondary N) is 2. The summed E-state index contributed by atoms with van der Waals surface area (Å²) in [5.74, 6) is 0.0730. The van der Waals surface area contributed by atoms with Crippen LogP contribution in [-0.4, -0.2) is 21.4 Å². The highest BCUT2D eigenvalue weighted by Crippen LogP contribution is 2.48. The third kappa shape index (κ3) is 2.83. The fourth-order valence-corrected chi connectivity index (χ4v) is 5.64. The van der Waals surface area contributed by atoms with Gasteiger partial charge in [-0.3, -0.25) is 9.98 Å². The lowest BCUT2D eigenvalue weighted by Crippen LogP contribution is -2.31. The lowest BCUT2D eigenvalue weighted by Gasteiger charge is -2.37. The Bertz CT molecular complexity index is 1510. The molecule has 7 rings (SSSR count). The number of aliphatic imine (C=N–C) groups is 2. The van der Waals surface area contributed by atoms with Crippen LogP contribution in [0.5, 0.6) is 0 Å². The standard InChI is InChI=1S/C29H24N4/c1-29(2)24-6-4-3-5-23(24)27-26-12-11-21(32-26)14-19-8-7-17(30-19)13-18-9-10-20(31-18)15-22-16-25(29)28(27)33-22/h3-12,14-16,27,30,33H,13H2,1-2H3. The van der Waals surface area contributed by atoms with Gasteiger partial charge in [0, 0.05) is 40.3 Å². The van der Waals surface area contributed by atoms with Crippen molar-refractivity contribution in [1.82, 2.24) is 9.97 Å². The number of aromatic nitrogens is 2. The molecule has 33 heavy (non-hydrogen) atoms. The molecule has 1 unspecified atom stereocenters. The van der Waals surface area contributed by atoms with Gasteiger partial charge >= 0.3 is 0 Å². The van der Waals surface area contributed by atoms with Crippen LogP contribution in [0.1, 0.15) is 59.2 Å². The van der Waals surface area contributed by atoms with E-state index in [9.17, 15) is 0 Å². The quantitative estimate of drug-likeness (QED) is 0.436. The van der Waals surface area contributed by atoms with Crippen molar-refractivity contribution >= 4 is 23.6 Å². The van der Waals surface area contributed by atoms with Gasteiger partial charge in [0.25, 0.3) is 0 Å². The molecule has 0 saturated heterocycles. The first-order chi connectivity index (χ1) is 16.0. The monoisotopic (exact) mass is 428 g/mol. The molecule has 0 fully saturated rings. The molecule has 2 aromatic heterocycles. The van der Waals surface area contributed by atoms with E-state index in [-0.39, 0.29) is 11.3 Å². The molecule has 0 amide bonds. The maximum absolute atomic E-state index is 5.07. The number of H-pyrrole nitrogens is 2. The highest BCUT2D eigenvalue weighted by atomic mass is 14.8. The number of nitrogens with zero attached hydrogens (tertiary/aromatic N) is 2. The maximum Gasteiger partial charge on any atom is 0.0670 e. The van der Waals surface area contributed by atoms with Crippen molar-refractivity contribution in [2.45, 2.75) is 31.6 Å². The normalized spacial score (nSPS) is 21.3. The SMILES string of the molecule is CC1(C)c2ccccc2C2C3=NC(=Cc4ccc([nH]4)CC4=NC(=Cc5cc1c2[nH]5)C=C4)C=C3. The Balaban J connectivity index is 1.49. The van der Waals surface area contributed by atoms with E-state index < -0.39 is 0 Å². The summed E-state index contributed by atoms with van der Waals surface area (Å²) < 4.78 is 0. The first-order valence-electron chi connectivity index (χ1n) is 11.5. The molecule has 4 aliphatic rings. The number of rotatable bonds is 0. The van der Waals surface area contributed by atoms with Crippen LogP contribution in [0.25, 0.3) is 12.2 Å². The van der Waals surface area contributed by atoms with Crippen molar-refractivity contribution in [3.05, 3.63) is 118 Å². The van der Waals surface area contributed by atoms with Crippen LogP contribution in [0.15, 0.2) is 88.1 Å². The van der Waals surface area contributed by atoms with Gasteiger partial charge in [-0.25, -0.2) is 0 Å². The van der Waals surface area contributed by atoms with Crippen LogP contribution in [0.3, 0.4) is 0 Å². The molecule has 0 radical (unpaired) electrons. The van der Waals surface area contributed by atoms with E-state index in [1.165, 1.54) is 22.4 Å². The second-order valence-corrected chi connectivity index (χ2v) is 9.76. The average Bonchev–Trinajstić information content (AvgIpc) is 3.58. The van der Waals surface area contributed by atoms with Crippen LogP contribution >= 0.6 is 0 Å². The smallest absolute Gasteiger partial charge is 0.0670 e. The predicted molar refractivity (Wildman–Crippen MR) is 135 cm³/mol. The topological polar surface area (TPSA) is 56.3 Å². The van der Waals surface area contributed by atoms with Gasteiger partial charge in [0.2, 0.25) is 0 Å². The van der Waals surface area contributed by atoms with Gasteiger partial charge in [-0.15, -0.1) is 0 Å². The number of allylic oxidation sites excluding steroid dienone is 4. The minimum Gasteiger partial charge on any atom is -0.359 e. The third-order valence-corrected chi connectivity index (χ3v) is 7.22. The van der Waals surface area contributed by atoms with Crippen LogP contribution < -0.4 is 0 Å². The largest absolute Gasteiger partial charge is 0.359 e. The van der Waals surface area contributed by atoms with Crippen molar-refractivity contribution in [2.75, 3.05) is 0 Å². The van der Waals surface area contributed by atoms with Gasteiger partial charge in [-0.2, -0.15) is 0 Å². The van der Waals surface area contributed by atoms with Crippen LogP contribution in [-0.2, 0) is 11.8 Å². The summed E-state index contributed by atoms with van der Waals surface area (Å²) in [5.41, 5.74) is 12.6. The molecule has 0 saturated carbocycles. The van der Waals surface area contributed by atoms with E-state index in [0.717, 1.165) is 46.3 Å². The lowest BCUT2D eigenvalue weighted by molar-refractivity contribution is 0.603. The zero-order chi connectivity index (χ0) is 22.2. The number of hydrogen-bond donors (Lipinski definition) is 2. The van der Waals surface area contributed by atoms with Gasteiger partial charge in [-0.05, 0) is 71.3 Å². The summed E-state index contributed by atoms with van der Waals surface area (Å²) in [6.07, 6.45) is 13.6. The summed E-state index contributed by atoms with van der Waals surface area (Å²) in [5, 5.41) is 0. The summed E-state index contributed by atoms with van der Waals surface area (Å²) in [4.78, 5) is 17.2. The fourth-order valence-electron chi connectivity index (χ4n) is 5.64. The molecule has 3 aliphatic heterocycles. The van der Waals surface area contributed by atoms with Gasteiger partial charge < -0.3 is 9.97 Å². The van der Waals surface area contributed by atoms with Crippen molar-refractivity contribution in [2.24, 2.45) is 9.98 Å². The highest BCUT2D eigenvalue weighted by molar-refractivity contribution is 6.06. The molecule has 8 bridgehead atoms. The van der Waals surface area contributed by atoms with Gasteiger partial charge in [-0.1, -0.05) is 38.1 Å². The van der Waals surface area contributed by atoms with Gasteiger partial charge in [0.15, 0.2) is 0 Å². The molecule has 160 valence electrons. The fraction of sp³-hybridized carbons (Fsp3) is 0.172. The van der Waals surface area contributed by atoms with Crippen molar-refractivity contribution in [3.63, 3.8) is 0 Å². The zero-order valence-electron chi connectivity index (χ0n) is 18.7. The number of aromatic amines is 2. The third-order valence-electron chi connectivity index (χ3n) is 7.22. The van der Waals surface area contributed by atoms with E-state index in [4.69, 9.17) is 9.98 Å². The number of hydrogen-bond acceptors (Lipinski definition) is 2. The predicted octanol–water partition coefficient (Wildman–Crippen LogP) is 6.07. The Morgan fingerprint density at radius 3 is 2.58 bits per heavy atom. The second-order valence-electron chi connectivity index (χ2n) is 9.76. The first-order valence-corrected chi connectivity index (χ1v) is 11.5. The van der Waals surface area contributed by atoms with Crippen molar-refractivity contribution in [3.8, 4) is 0 Å². The Morgan fingerprint density at radius 1 is 0.818 bits per heavy atom. The van der Waals surface area contributed by atoms with Gasteiger partial charge in [0.05, 0.1) is 23.0 Å². The lowest BCUT2D eigenvalue weighted by atomic mass is 9.66. The molecule has 0 spiro atoms. The van der Waals surface area contributed by atoms with Gasteiger partial charge in [0.1, 0.15) is 0 Å². The Morgan fingerprint density at radius 2 is 1.64 bits per heavy atom. The molecule has 1 aromatic carbocycles. The van der Waals surface area contributed by atoms with E-state index in [2.05, 4.69) is 103 Å². The molecule has 1 atom stereocenters. The molecule has 4 nitrogen and oxygen atoms in total. The van der Waals surface area contributed by atoms with Crippen molar-refractivity contribution in [1.29, 1.82) is 0 Å². The molecule has 4 heteroatoms. The molecule has 5 heterocycles. The molecule has 2 N–H and O–H groups in total. The highest BCUT2D eigenvalue weighted by Gasteiger charge is 2.40. The van der Waals surface area contributed by atoms with Crippen LogP contribution in [0, 0.1) is 0 Å². The minimum atomic E-state index is -0.0968. The minimum absolute atomic E-state index is 0.0730. The first kappa shape index (κ1) is 18.6. The summed E-state index contributed by atoms with van der Waals surface area (Å²) in [7, 11) is 0. The van der Waals surface area contributed by atoms with Crippen LogP contribution in [0.4, 0.5) is 0 Å². The van der Waals surface area contributed by atoms with E-state index in [0.29, 0.717) is 0 Å².